The number of aromatic nitrogens is 4. The zero-order chi connectivity index (χ0) is 13.8. The molecule has 7 heteroatoms. The Morgan fingerprint density at radius 2 is 2.26 bits per heavy atom. The van der Waals surface area contributed by atoms with E-state index in [1.54, 1.807) is 6.33 Å². The third-order valence-corrected chi connectivity index (χ3v) is 5.02. The normalized spacial score (nSPS) is 12.7. The molecule has 19 heavy (non-hydrogen) atoms. The van der Waals surface area contributed by atoms with Crippen molar-refractivity contribution in [3.8, 4) is 0 Å². The number of rotatable bonds is 5. The summed E-state index contributed by atoms with van der Waals surface area (Å²) < 4.78 is 1.08. The van der Waals surface area contributed by atoms with E-state index in [0.29, 0.717) is 0 Å². The first-order valence-corrected chi connectivity index (χ1v) is 8.53. The summed E-state index contributed by atoms with van der Waals surface area (Å²) in [6, 6.07) is 0. The van der Waals surface area contributed by atoms with Crippen LogP contribution in [0, 0.1) is 0 Å². The fraction of sp³-hybridized carbons (Fsp3) is 0.417. The second-order valence-corrected chi connectivity index (χ2v) is 7.06. The van der Waals surface area contributed by atoms with Gasteiger partial charge in [-0.05, 0) is 0 Å². The molecule has 1 unspecified atom stereocenters. The van der Waals surface area contributed by atoms with E-state index >= 15 is 0 Å². The Morgan fingerprint density at radius 1 is 1.47 bits per heavy atom. The van der Waals surface area contributed by atoms with Crippen molar-refractivity contribution in [2.45, 2.75) is 12.1 Å². The number of hydrogen-bond acceptors (Lipinski definition) is 5. The van der Waals surface area contributed by atoms with Crippen molar-refractivity contribution in [1.29, 1.82) is 0 Å². The van der Waals surface area contributed by atoms with Gasteiger partial charge in [0, 0.05) is 0 Å². The van der Waals surface area contributed by atoms with E-state index in [4.69, 9.17) is 5.11 Å². The van der Waals surface area contributed by atoms with Crippen molar-refractivity contribution in [1.82, 2.24) is 19.9 Å². The minimum atomic E-state index is -0.393. The summed E-state index contributed by atoms with van der Waals surface area (Å²) >= 11 is -0.393. The predicted octanol–water partition coefficient (Wildman–Crippen LogP) is -0.162. The molecule has 1 atom stereocenters. The number of nitrogens with zero attached hydrogens (tertiary/aromatic N) is 4. The topological polar surface area (TPSA) is 77.9 Å². The number of aromatic amines is 1. The molecule has 2 N–H and O–H groups in total. The van der Waals surface area contributed by atoms with Crippen molar-refractivity contribution in [2.24, 2.45) is 0 Å². The number of aliphatic hydroxyl groups excluding tert-OH is 1. The van der Waals surface area contributed by atoms with Crippen LogP contribution in [0.5, 0.6) is 0 Å². The third kappa shape index (κ3) is 3.33. The molecular weight excluding hydrogens is 305 g/mol. The first kappa shape index (κ1) is 14.0. The van der Waals surface area contributed by atoms with Crippen LogP contribution in [-0.4, -0.2) is 61.5 Å². The molecule has 0 aliphatic rings. The van der Waals surface area contributed by atoms with Crippen LogP contribution in [0.25, 0.3) is 11.2 Å². The first-order chi connectivity index (χ1) is 9.11. The molecule has 0 saturated carbocycles. The van der Waals surface area contributed by atoms with Gasteiger partial charge >= 0.3 is 118 Å². The van der Waals surface area contributed by atoms with Gasteiger partial charge in [-0.3, -0.25) is 0 Å². The number of aliphatic hydroxyl groups is 1. The Labute approximate surface area is 118 Å². The number of H-pyrrole nitrogens is 1. The molecule has 0 saturated heterocycles. The number of fused-ring (bicyclic) bond motifs is 1. The average molecular weight is 323 g/mol. The predicted molar refractivity (Wildman–Crippen MR) is 78.4 cm³/mol. The monoisotopic (exact) mass is 323 g/mol. The van der Waals surface area contributed by atoms with E-state index in [1.807, 2.05) is 25.9 Å². The maximum absolute atomic E-state index is 8.97. The number of anilines is 1. The van der Waals surface area contributed by atoms with Gasteiger partial charge in [-0.15, -0.1) is 0 Å². The van der Waals surface area contributed by atoms with Crippen LogP contribution in [-0.2, 0) is 0 Å². The van der Waals surface area contributed by atoms with Gasteiger partial charge in [0.25, 0.3) is 0 Å². The van der Waals surface area contributed by atoms with Gasteiger partial charge < -0.3 is 0 Å². The molecule has 0 bridgehead atoms. The molecule has 2 aromatic rings. The van der Waals surface area contributed by atoms with Gasteiger partial charge in [0.05, 0.1) is 0 Å². The maximum atomic E-state index is 8.97. The molecule has 0 radical (unpaired) electrons. The molecule has 2 rings (SSSR count). The fourth-order valence-corrected chi connectivity index (χ4v) is 3.95. The minimum absolute atomic E-state index is 0.125. The molecule has 0 fully saturated rings. The Balaban J connectivity index is 2.23. The Hall–Kier alpha value is -1.39. The van der Waals surface area contributed by atoms with Crippen molar-refractivity contribution < 1.29 is 5.11 Å². The average Bonchev–Trinajstić information content (AvgIpc) is 2.83. The SMILES string of the molecule is CC(=CC[AsH]c1ncnc2nc(N(C)C)[nH]c12)CO. The molecule has 0 aliphatic heterocycles. The van der Waals surface area contributed by atoms with E-state index in [2.05, 4.69) is 26.0 Å². The number of allylic oxidation sites excluding steroid dienone is 1. The van der Waals surface area contributed by atoms with Crippen LogP contribution < -0.4 is 9.38 Å². The summed E-state index contributed by atoms with van der Waals surface area (Å²) in [4.78, 5) is 18.2. The molecule has 0 aliphatic carbocycles. The van der Waals surface area contributed by atoms with Crippen molar-refractivity contribution in [2.75, 3.05) is 25.6 Å². The second-order valence-electron chi connectivity index (χ2n) is 4.47. The molecule has 0 aromatic carbocycles. The van der Waals surface area contributed by atoms with E-state index in [-0.39, 0.29) is 6.61 Å². The molecule has 2 heterocycles. The van der Waals surface area contributed by atoms with Gasteiger partial charge in [-0.1, -0.05) is 0 Å². The molecule has 0 spiro atoms. The molecular formula is C12H18AsN5O. The van der Waals surface area contributed by atoms with Gasteiger partial charge in [-0.2, -0.15) is 0 Å². The summed E-state index contributed by atoms with van der Waals surface area (Å²) in [7, 11) is 3.88. The summed E-state index contributed by atoms with van der Waals surface area (Å²) in [5.41, 5.74) is 2.68. The van der Waals surface area contributed by atoms with Gasteiger partial charge in [0.2, 0.25) is 0 Å². The Morgan fingerprint density at radius 3 is 2.95 bits per heavy atom. The van der Waals surface area contributed by atoms with Crippen molar-refractivity contribution in [3.63, 3.8) is 0 Å². The van der Waals surface area contributed by atoms with Crippen LogP contribution in [0.15, 0.2) is 18.0 Å². The summed E-state index contributed by atoms with van der Waals surface area (Å²) in [5.74, 6) is 0.797. The van der Waals surface area contributed by atoms with E-state index in [0.717, 1.165) is 32.4 Å². The Bertz CT molecular complexity index is 593. The third-order valence-electron chi connectivity index (χ3n) is 2.67. The van der Waals surface area contributed by atoms with E-state index in [1.165, 1.54) is 0 Å². The number of nitrogens with one attached hydrogen (secondary N) is 1. The van der Waals surface area contributed by atoms with Gasteiger partial charge in [0.15, 0.2) is 0 Å². The van der Waals surface area contributed by atoms with Gasteiger partial charge in [0.1, 0.15) is 0 Å². The van der Waals surface area contributed by atoms with E-state index in [9.17, 15) is 0 Å². The van der Waals surface area contributed by atoms with E-state index < -0.39 is 15.8 Å². The summed E-state index contributed by atoms with van der Waals surface area (Å²) in [6.07, 6.45) is 3.65. The molecule has 2 aromatic heterocycles. The summed E-state index contributed by atoms with van der Waals surface area (Å²) in [5, 5.41) is 9.93. The van der Waals surface area contributed by atoms with Crippen LogP contribution >= 0.6 is 0 Å². The zero-order valence-corrected chi connectivity index (χ0v) is 13.4. The zero-order valence-electron chi connectivity index (χ0n) is 11.3. The summed E-state index contributed by atoms with van der Waals surface area (Å²) in [6.45, 7) is 2.06. The quantitative estimate of drug-likeness (QED) is 0.590. The Kier molecular flexibility index (Phi) is 4.55. The second kappa shape index (κ2) is 6.17. The molecule has 6 nitrogen and oxygen atoms in total. The van der Waals surface area contributed by atoms with Crippen LogP contribution in [0.3, 0.4) is 0 Å². The fourth-order valence-electron chi connectivity index (χ4n) is 1.55. The molecule has 0 amide bonds. The van der Waals surface area contributed by atoms with Crippen LogP contribution in [0.4, 0.5) is 5.95 Å². The van der Waals surface area contributed by atoms with Crippen molar-refractivity contribution in [3.05, 3.63) is 18.0 Å². The number of hydrogen-bond donors (Lipinski definition) is 2. The first-order valence-electron chi connectivity index (χ1n) is 6.00. The van der Waals surface area contributed by atoms with Crippen LogP contribution in [0.1, 0.15) is 6.92 Å². The molecule has 102 valence electrons. The van der Waals surface area contributed by atoms with Gasteiger partial charge in [-0.25, -0.2) is 0 Å². The van der Waals surface area contributed by atoms with Crippen LogP contribution in [0.2, 0.25) is 5.21 Å². The standard InChI is InChI=1S/C12H18AsN5O/c1-8(6-19)4-5-13-10-9-11(15-7-14-10)17-12(16-9)18(2)3/h4,7,13,19H,5-6H2,1-3H3,(H,14,15,16,17). The number of imidazole rings is 1. The van der Waals surface area contributed by atoms with Crippen molar-refractivity contribution >= 4 is 37.3 Å².